The molecule has 0 aromatic rings. The third-order valence-corrected chi connectivity index (χ3v) is 3.68. The zero-order valence-electron chi connectivity index (χ0n) is 9.50. The minimum Gasteiger partial charge on any atom is -0.378 e. The largest absolute Gasteiger partial charge is 0.378 e. The molecule has 0 spiro atoms. The summed E-state index contributed by atoms with van der Waals surface area (Å²) < 4.78 is 5.52. The smallest absolute Gasteiger partial charge is 0.137 e. The van der Waals surface area contributed by atoms with Crippen molar-refractivity contribution in [3.05, 3.63) is 0 Å². The second-order valence-corrected chi connectivity index (χ2v) is 4.78. The summed E-state index contributed by atoms with van der Waals surface area (Å²) in [6.07, 6.45) is 5.33. The number of carbonyl (C=O) groups is 1. The highest BCUT2D eigenvalue weighted by molar-refractivity contribution is 5.82. The molecule has 0 aromatic carbocycles. The molecule has 0 amide bonds. The van der Waals surface area contributed by atoms with Crippen LogP contribution in [0.3, 0.4) is 0 Å². The molecule has 1 N–H and O–H groups in total. The van der Waals surface area contributed by atoms with Gasteiger partial charge in [-0.15, -0.1) is 0 Å². The molecule has 3 atom stereocenters. The first-order chi connectivity index (χ1) is 7.27. The highest BCUT2D eigenvalue weighted by Crippen LogP contribution is 2.22. The van der Waals surface area contributed by atoms with Crippen LogP contribution in [-0.2, 0) is 9.53 Å². The monoisotopic (exact) mass is 211 g/mol. The maximum Gasteiger partial charge on any atom is 0.137 e. The van der Waals surface area contributed by atoms with E-state index in [2.05, 4.69) is 12.2 Å². The number of nitrogens with one attached hydrogen (secondary N) is 1. The Labute approximate surface area is 91.6 Å². The number of hydrogen-bond acceptors (Lipinski definition) is 3. The Morgan fingerprint density at radius 3 is 2.93 bits per heavy atom. The van der Waals surface area contributed by atoms with Gasteiger partial charge in [0.1, 0.15) is 5.78 Å². The number of hydrogen-bond donors (Lipinski definition) is 1. The van der Waals surface area contributed by atoms with Crippen LogP contribution in [0.1, 0.15) is 39.0 Å². The van der Waals surface area contributed by atoms with E-state index in [1.807, 2.05) is 0 Å². The molecular formula is C12H21NO2. The van der Waals surface area contributed by atoms with Crippen molar-refractivity contribution in [2.75, 3.05) is 13.2 Å². The fraction of sp³-hybridized carbons (Fsp3) is 0.917. The predicted octanol–water partition coefficient (Wildman–Crippen LogP) is 1.51. The van der Waals surface area contributed by atoms with E-state index < -0.39 is 0 Å². The van der Waals surface area contributed by atoms with E-state index in [-0.39, 0.29) is 5.92 Å². The third kappa shape index (κ3) is 2.79. The fourth-order valence-electron chi connectivity index (χ4n) is 2.66. The molecule has 86 valence electrons. The zero-order chi connectivity index (χ0) is 10.7. The molecule has 0 bridgehead atoms. The topological polar surface area (TPSA) is 38.3 Å². The Morgan fingerprint density at radius 2 is 2.33 bits per heavy atom. The van der Waals surface area contributed by atoms with Gasteiger partial charge in [0, 0.05) is 25.0 Å². The van der Waals surface area contributed by atoms with E-state index in [1.54, 1.807) is 0 Å². The molecule has 15 heavy (non-hydrogen) atoms. The van der Waals surface area contributed by atoms with Crippen LogP contribution < -0.4 is 5.32 Å². The molecular weight excluding hydrogens is 190 g/mol. The summed E-state index contributed by atoms with van der Waals surface area (Å²) in [5.74, 6) is 0.689. The summed E-state index contributed by atoms with van der Waals surface area (Å²) in [6.45, 7) is 4.00. The van der Waals surface area contributed by atoms with Crippen molar-refractivity contribution in [2.24, 2.45) is 5.92 Å². The molecule has 0 saturated carbocycles. The Morgan fingerprint density at radius 1 is 1.47 bits per heavy atom. The SMILES string of the molecule is CC1NCCC1C(=O)CCC1CCCO1. The van der Waals surface area contributed by atoms with Crippen molar-refractivity contribution in [3.8, 4) is 0 Å². The maximum absolute atomic E-state index is 11.9. The van der Waals surface area contributed by atoms with Gasteiger partial charge in [-0.05, 0) is 39.2 Å². The Bertz CT molecular complexity index is 224. The first kappa shape index (κ1) is 11.1. The van der Waals surface area contributed by atoms with Gasteiger partial charge in [-0.25, -0.2) is 0 Å². The van der Waals surface area contributed by atoms with Crippen LogP contribution in [0.5, 0.6) is 0 Å². The molecule has 2 aliphatic rings. The van der Waals surface area contributed by atoms with Crippen molar-refractivity contribution < 1.29 is 9.53 Å². The molecule has 0 radical (unpaired) electrons. The summed E-state index contributed by atoms with van der Waals surface area (Å²) in [5, 5.41) is 3.33. The predicted molar refractivity (Wildman–Crippen MR) is 58.8 cm³/mol. The van der Waals surface area contributed by atoms with Crippen molar-refractivity contribution in [1.82, 2.24) is 5.32 Å². The van der Waals surface area contributed by atoms with Crippen molar-refractivity contribution in [3.63, 3.8) is 0 Å². The van der Waals surface area contributed by atoms with Crippen molar-refractivity contribution in [1.29, 1.82) is 0 Å². The van der Waals surface area contributed by atoms with Crippen LogP contribution in [0.25, 0.3) is 0 Å². The van der Waals surface area contributed by atoms with Gasteiger partial charge in [-0.1, -0.05) is 0 Å². The Hall–Kier alpha value is -0.410. The maximum atomic E-state index is 11.9. The van der Waals surface area contributed by atoms with Crippen LogP contribution in [0.4, 0.5) is 0 Å². The average molecular weight is 211 g/mol. The van der Waals surface area contributed by atoms with Crippen molar-refractivity contribution in [2.45, 2.75) is 51.2 Å². The number of Topliss-reactive ketones (excluding diaryl/α,β-unsaturated/α-hetero) is 1. The standard InChI is InChI=1S/C12H21NO2/c1-9-11(6-7-13-9)12(14)5-4-10-3-2-8-15-10/h9-11,13H,2-8H2,1H3. The number of ether oxygens (including phenoxy) is 1. The van der Waals surface area contributed by atoms with Crippen molar-refractivity contribution >= 4 is 5.78 Å². The van der Waals surface area contributed by atoms with Gasteiger partial charge in [-0.2, -0.15) is 0 Å². The third-order valence-electron chi connectivity index (χ3n) is 3.68. The lowest BCUT2D eigenvalue weighted by atomic mass is 9.93. The van der Waals surface area contributed by atoms with E-state index >= 15 is 0 Å². The van der Waals surface area contributed by atoms with Crippen LogP contribution in [0.2, 0.25) is 0 Å². The normalized spacial score (nSPS) is 35.9. The van der Waals surface area contributed by atoms with E-state index in [0.29, 0.717) is 24.3 Å². The second-order valence-electron chi connectivity index (χ2n) is 4.78. The number of ketones is 1. The first-order valence-electron chi connectivity index (χ1n) is 6.15. The summed E-state index contributed by atoms with van der Waals surface area (Å²) in [4.78, 5) is 11.9. The highest BCUT2D eigenvalue weighted by Gasteiger charge is 2.29. The minimum absolute atomic E-state index is 0.256. The van der Waals surface area contributed by atoms with Gasteiger partial charge < -0.3 is 10.1 Å². The molecule has 2 aliphatic heterocycles. The second kappa shape index (κ2) is 5.08. The average Bonchev–Trinajstić information content (AvgIpc) is 2.84. The summed E-state index contributed by atoms with van der Waals surface area (Å²) >= 11 is 0. The molecule has 2 saturated heterocycles. The van der Waals surface area contributed by atoms with Gasteiger partial charge in [0.2, 0.25) is 0 Å². The van der Waals surface area contributed by atoms with Gasteiger partial charge in [0.25, 0.3) is 0 Å². The fourth-order valence-corrected chi connectivity index (χ4v) is 2.66. The molecule has 3 heteroatoms. The van der Waals surface area contributed by atoms with E-state index in [1.165, 1.54) is 6.42 Å². The van der Waals surface area contributed by atoms with Crippen LogP contribution in [0, 0.1) is 5.92 Å². The van der Waals surface area contributed by atoms with E-state index in [0.717, 1.165) is 32.4 Å². The molecule has 0 aliphatic carbocycles. The molecule has 2 heterocycles. The summed E-state index contributed by atoms with van der Waals surface area (Å²) in [7, 11) is 0. The van der Waals surface area contributed by atoms with Gasteiger partial charge >= 0.3 is 0 Å². The van der Waals surface area contributed by atoms with E-state index in [4.69, 9.17) is 4.74 Å². The van der Waals surface area contributed by atoms with Crippen LogP contribution >= 0.6 is 0 Å². The lowest BCUT2D eigenvalue weighted by Crippen LogP contribution is -2.28. The summed E-state index contributed by atoms with van der Waals surface area (Å²) in [5.41, 5.74) is 0. The molecule has 2 fully saturated rings. The van der Waals surface area contributed by atoms with E-state index in [9.17, 15) is 4.79 Å². The first-order valence-corrected chi connectivity index (χ1v) is 6.15. The Balaban J connectivity index is 1.71. The molecule has 2 rings (SSSR count). The lowest BCUT2D eigenvalue weighted by molar-refractivity contribution is -0.123. The van der Waals surface area contributed by atoms with Crippen LogP contribution in [-0.4, -0.2) is 31.1 Å². The van der Waals surface area contributed by atoms with Gasteiger partial charge in [0.15, 0.2) is 0 Å². The number of carbonyl (C=O) groups excluding carboxylic acids is 1. The Kier molecular flexibility index (Phi) is 3.76. The highest BCUT2D eigenvalue weighted by atomic mass is 16.5. The summed E-state index contributed by atoms with van der Waals surface area (Å²) in [6, 6.07) is 0.377. The number of rotatable bonds is 4. The minimum atomic E-state index is 0.256. The van der Waals surface area contributed by atoms with Gasteiger partial charge in [0.05, 0.1) is 6.10 Å². The van der Waals surface area contributed by atoms with Crippen LogP contribution in [0.15, 0.2) is 0 Å². The molecule has 3 nitrogen and oxygen atoms in total. The molecule has 3 unspecified atom stereocenters. The van der Waals surface area contributed by atoms with Gasteiger partial charge in [-0.3, -0.25) is 4.79 Å². The zero-order valence-corrected chi connectivity index (χ0v) is 9.50. The molecule has 0 aromatic heterocycles. The quantitative estimate of drug-likeness (QED) is 0.766. The lowest BCUT2D eigenvalue weighted by Gasteiger charge is -2.15.